The van der Waals surface area contributed by atoms with E-state index in [1.807, 2.05) is 0 Å². The molecule has 1 aromatic carbocycles. The Kier molecular flexibility index (Phi) is 8.20. The van der Waals surface area contributed by atoms with E-state index in [1.54, 1.807) is 6.20 Å². The van der Waals surface area contributed by atoms with Gasteiger partial charge in [0.1, 0.15) is 5.82 Å². The third-order valence-electron chi connectivity index (χ3n) is 4.99. The summed E-state index contributed by atoms with van der Waals surface area (Å²) in [5, 5.41) is 13.2. The second-order valence-corrected chi connectivity index (χ2v) is 8.53. The fraction of sp³-hybridized carbons (Fsp3) is 0.400. The van der Waals surface area contributed by atoms with Gasteiger partial charge in [-0.2, -0.15) is 0 Å². The molecule has 33 heavy (non-hydrogen) atoms. The van der Waals surface area contributed by atoms with Crippen molar-refractivity contribution in [3.63, 3.8) is 0 Å². The Labute approximate surface area is 191 Å². The first-order chi connectivity index (χ1) is 15.7. The molecule has 4 N–H and O–H groups in total. The maximum Gasteiger partial charge on any atom is 0.404 e. The predicted molar refractivity (Wildman–Crippen MR) is 113 cm³/mol. The number of imidazole rings is 1. The first kappa shape index (κ1) is 24.4. The van der Waals surface area contributed by atoms with Crippen LogP contribution < -0.4 is 10.6 Å². The number of nitrogens with one attached hydrogen (secondary N) is 3. The van der Waals surface area contributed by atoms with Crippen LogP contribution in [-0.4, -0.2) is 68.1 Å². The quantitative estimate of drug-likeness (QED) is 0.400. The summed E-state index contributed by atoms with van der Waals surface area (Å²) >= 11 is 1.27. The molecule has 2 aromatic rings. The van der Waals surface area contributed by atoms with E-state index in [2.05, 4.69) is 20.6 Å². The van der Waals surface area contributed by atoms with Crippen LogP contribution in [0.5, 0.6) is 0 Å². The van der Waals surface area contributed by atoms with E-state index >= 15 is 0 Å². The number of H-pyrrole nitrogens is 1. The lowest BCUT2D eigenvalue weighted by atomic mass is 10.0. The molecule has 1 saturated heterocycles. The van der Waals surface area contributed by atoms with Gasteiger partial charge in [-0.3, -0.25) is 9.59 Å². The van der Waals surface area contributed by atoms with E-state index in [4.69, 9.17) is 5.11 Å². The highest BCUT2D eigenvalue weighted by Crippen LogP contribution is 2.25. The lowest BCUT2D eigenvalue weighted by Crippen LogP contribution is -2.47. The summed E-state index contributed by atoms with van der Waals surface area (Å²) in [6, 6.07) is -0.109. The highest BCUT2D eigenvalue weighted by atomic mass is 32.2. The van der Waals surface area contributed by atoms with Gasteiger partial charge in [-0.1, -0.05) is 0 Å². The zero-order valence-corrected chi connectivity index (χ0v) is 18.1. The van der Waals surface area contributed by atoms with Crippen LogP contribution in [0, 0.1) is 17.5 Å². The summed E-state index contributed by atoms with van der Waals surface area (Å²) in [6.45, 7) is 0.611. The minimum Gasteiger partial charge on any atom is -0.465 e. The number of aromatic nitrogens is 2. The first-order valence-corrected chi connectivity index (χ1v) is 11.1. The van der Waals surface area contributed by atoms with Gasteiger partial charge in [0, 0.05) is 55.7 Å². The van der Waals surface area contributed by atoms with Gasteiger partial charge in [-0.05, 0) is 18.1 Å². The molecule has 9 nitrogen and oxygen atoms in total. The summed E-state index contributed by atoms with van der Waals surface area (Å²) in [6.07, 6.45) is 1.48. The van der Waals surface area contributed by atoms with Crippen molar-refractivity contribution in [1.82, 2.24) is 25.5 Å². The van der Waals surface area contributed by atoms with E-state index < -0.39 is 40.9 Å². The highest BCUT2D eigenvalue weighted by molar-refractivity contribution is 8.00. The smallest absolute Gasteiger partial charge is 0.404 e. The van der Waals surface area contributed by atoms with E-state index in [0.29, 0.717) is 30.9 Å². The average molecular weight is 485 g/mol. The molecule has 0 radical (unpaired) electrons. The number of thioether (sulfide) groups is 1. The second-order valence-electron chi connectivity index (χ2n) is 7.34. The molecule has 1 aromatic heterocycles. The van der Waals surface area contributed by atoms with Crippen LogP contribution in [0.4, 0.5) is 18.0 Å². The normalized spacial score (nSPS) is 16.5. The lowest BCUT2D eigenvalue weighted by Gasteiger charge is -2.25. The van der Waals surface area contributed by atoms with E-state index in [0.717, 1.165) is 5.69 Å². The summed E-state index contributed by atoms with van der Waals surface area (Å²) in [5.41, 5.74) is 0.568. The maximum atomic E-state index is 14.0. The zero-order valence-electron chi connectivity index (χ0n) is 17.3. The Hall–Kier alpha value is -3.22. The van der Waals surface area contributed by atoms with Gasteiger partial charge < -0.3 is 25.6 Å². The van der Waals surface area contributed by atoms with Crippen molar-refractivity contribution in [3.8, 4) is 0 Å². The third kappa shape index (κ3) is 6.63. The van der Waals surface area contributed by atoms with Crippen molar-refractivity contribution < 1.29 is 32.7 Å². The molecule has 2 unspecified atom stereocenters. The topological polar surface area (TPSA) is 127 Å². The molecule has 1 aliphatic rings. The van der Waals surface area contributed by atoms with Crippen LogP contribution in [0.25, 0.3) is 0 Å². The number of amides is 3. The average Bonchev–Trinajstić information content (AvgIpc) is 3.43. The van der Waals surface area contributed by atoms with Crippen molar-refractivity contribution in [1.29, 1.82) is 0 Å². The highest BCUT2D eigenvalue weighted by Gasteiger charge is 2.35. The van der Waals surface area contributed by atoms with Crippen LogP contribution in [0.15, 0.2) is 24.7 Å². The van der Waals surface area contributed by atoms with E-state index in [9.17, 15) is 27.6 Å². The molecular weight excluding hydrogens is 463 g/mol. The Morgan fingerprint density at radius 3 is 2.70 bits per heavy atom. The maximum absolute atomic E-state index is 14.0. The fourth-order valence-corrected chi connectivity index (χ4v) is 4.60. The van der Waals surface area contributed by atoms with Gasteiger partial charge in [0.25, 0.3) is 5.91 Å². The molecule has 13 heteroatoms. The molecule has 1 fully saturated rings. The van der Waals surface area contributed by atoms with Crippen LogP contribution in [0.3, 0.4) is 0 Å². The number of carbonyl (C=O) groups is 3. The summed E-state index contributed by atoms with van der Waals surface area (Å²) in [4.78, 5) is 44.7. The summed E-state index contributed by atoms with van der Waals surface area (Å²) in [7, 11) is 0. The predicted octanol–water partition coefficient (Wildman–Crippen LogP) is 1.66. The Bertz CT molecular complexity index is 1010. The van der Waals surface area contributed by atoms with Gasteiger partial charge in [0.15, 0.2) is 17.0 Å². The van der Waals surface area contributed by atoms with Crippen LogP contribution in [-0.2, 0) is 22.4 Å². The Morgan fingerprint density at radius 1 is 1.24 bits per heavy atom. The van der Waals surface area contributed by atoms with Crippen LogP contribution in [0.2, 0.25) is 0 Å². The van der Waals surface area contributed by atoms with Gasteiger partial charge in [-0.15, -0.1) is 11.8 Å². The molecule has 0 bridgehead atoms. The molecule has 0 spiro atoms. The van der Waals surface area contributed by atoms with Crippen molar-refractivity contribution in [2.45, 2.75) is 30.7 Å². The Balaban J connectivity index is 1.62. The van der Waals surface area contributed by atoms with Crippen molar-refractivity contribution in [2.75, 3.05) is 18.8 Å². The first-order valence-electron chi connectivity index (χ1n) is 10.0. The number of nitrogens with zero attached hydrogens (tertiary/aromatic N) is 2. The van der Waals surface area contributed by atoms with Crippen molar-refractivity contribution in [2.24, 2.45) is 0 Å². The van der Waals surface area contributed by atoms with Crippen molar-refractivity contribution >= 4 is 29.7 Å². The summed E-state index contributed by atoms with van der Waals surface area (Å²) < 4.78 is 40.7. The molecular formula is C20H22F3N5O4S. The molecule has 178 valence electrons. The molecule has 2 heterocycles. The van der Waals surface area contributed by atoms with E-state index in [-0.39, 0.29) is 30.9 Å². The SMILES string of the molecule is O=C(O)NC(CC(=O)N1CCSC1C(=O)NCCc1cnc[nH]1)Cc1cc(F)c(F)cc1F. The number of rotatable bonds is 9. The molecule has 2 atom stereocenters. The number of carbonyl (C=O) groups excluding carboxylic acids is 2. The van der Waals surface area contributed by atoms with Crippen LogP contribution in [0.1, 0.15) is 17.7 Å². The standard InChI is InChI=1S/C20H22F3N5O4S/c21-14-8-16(23)15(22)6-11(14)5-13(27-20(31)32)7-17(29)28-3-4-33-19(28)18(30)25-2-1-12-9-24-10-26-12/h6,8-10,13,19,27H,1-5,7H2,(H,24,26)(H,25,30)(H,31,32). The van der Waals surface area contributed by atoms with Gasteiger partial charge in [0.2, 0.25) is 5.91 Å². The summed E-state index contributed by atoms with van der Waals surface area (Å²) in [5.74, 6) is -4.07. The number of carboxylic acid groups (broad SMARTS) is 1. The minimum absolute atomic E-state index is 0.274. The number of aromatic amines is 1. The third-order valence-corrected chi connectivity index (χ3v) is 6.19. The monoisotopic (exact) mass is 485 g/mol. The minimum atomic E-state index is -1.46. The molecule has 3 amide bonds. The molecule has 0 saturated carbocycles. The van der Waals surface area contributed by atoms with Crippen LogP contribution >= 0.6 is 11.8 Å². The number of hydrogen-bond donors (Lipinski definition) is 4. The van der Waals surface area contributed by atoms with Gasteiger partial charge >= 0.3 is 6.09 Å². The second kappa shape index (κ2) is 11.1. The Morgan fingerprint density at radius 2 is 2.00 bits per heavy atom. The number of halogens is 3. The number of hydrogen-bond acceptors (Lipinski definition) is 5. The van der Waals surface area contributed by atoms with Crippen molar-refractivity contribution in [3.05, 3.63) is 53.4 Å². The molecule has 0 aliphatic carbocycles. The molecule has 1 aliphatic heterocycles. The lowest BCUT2D eigenvalue weighted by molar-refractivity contribution is -0.136. The molecule has 3 rings (SSSR count). The van der Waals surface area contributed by atoms with Gasteiger partial charge in [-0.25, -0.2) is 22.9 Å². The largest absolute Gasteiger partial charge is 0.465 e. The fourth-order valence-electron chi connectivity index (χ4n) is 3.43. The number of benzene rings is 1. The van der Waals surface area contributed by atoms with E-state index in [1.165, 1.54) is 23.0 Å². The zero-order chi connectivity index (χ0) is 24.0. The van der Waals surface area contributed by atoms with Gasteiger partial charge in [0.05, 0.1) is 6.33 Å².